The lowest BCUT2D eigenvalue weighted by Gasteiger charge is -2.21. The average Bonchev–Trinajstić information content (AvgIpc) is 1.78. The Morgan fingerprint density at radius 3 is 2.07 bits per heavy atom. The van der Waals surface area contributed by atoms with Crippen LogP contribution in [-0.2, 0) is 14.3 Å². The average molecular weight is 203 g/mol. The Kier molecular flexibility index (Phi) is 4.55. The van der Waals surface area contributed by atoms with Gasteiger partial charge in [-0.25, -0.2) is 4.79 Å². The maximum absolute atomic E-state index is 11.2. The summed E-state index contributed by atoms with van der Waals surface area (Å²) in [4.78, 5) is 11.2. The highest BCUT2D eigenvalue weighted by Gasteiger charge is 2.17. The number of esters is 1. The van der Waals surface area contributed by atoms with Gasteiger partial charge in [-0.1, -0.05) is 0 Å². The maximum Gasteiger partial charge on any atom is 0.332 e. The molecule has 4 heteroatoms. The molecule has 0 aromatic heterocycles. The SMILES string of the molecule is CC(C)(N)COCC(=O)OC(C)(C)C. The molecule has 0 saturated carbocycles. The fourth-order valence-electron chi connectivity index (χ4n) is 0.768. The summed E-state index contributed by atoms with van der Waals surface area (Å²) in [7, 11) is 0. The van der Waals surface area contributed by atoms with Crippen molar-refractivity contribution >= 4 is 5.97 Å². The molecule has 0 heterocycles. The van der Waals surface area contributed by atoms with Gasteiger partial charge in [0.1, 0.15) is 12.2 Å². The van der Waals surface area contributed by atoms with E-state index in [1.54, 1.807) is 0 Å². The summed E-state index contributed by atoms with van der Waals surface area (Å²) in [6, 6.07) is 0. The van der Waals surface area contributed by atoms with Gasteiger partial charge in [0.25, 0.3) is 0 Å². The Morgan fingerprint density at radius 1 is 1.21 bits per heavy atom. The lowest BCUT2D eigenvalue weighted by Crippen LogP contribution is -2.38. The highest BCUT2D eigenvalue weighted by Crippen LogP contribution is 2.07. The van der Waals surface area contributed by atoms with Crippen LogP contribution in [0.1, 0.15) is 34.6 Å². The smallest absolute Gasteiger partial charge is 0.332 e. The minimum Gasteiger partial charge on any atom is -0.458 e. The first kappa shape index (κ1) is 13.4. The van der Waals surface area contributed by atoms with Gasteiger partial charge in [0.15, 0.2) is 0 Å². The Balaban J connectivity index is 3.66. The van der Waals surface area contributed by atoms with E-state index in [4.69, 9.17) is 15.2 Å². The number of ether oxygens (including phenoxy) is 2. The highest BCUT2D eigenvalue weighted by molar-refractivity contribution is 5.71. The Bertz CT molecular complexity index is 189. The molecule has 0 aromatic rings. The van der Waals surface area contributed by atoms with Crippen molar-refractivity contribution < 1.29 is 14.3 Å². The zero-order chi connectivity index (χ0) is 11.4. The highest BCUT2D eigenvalue weighted by atomic mass is 16.6. The minimum absolute atomic E-state index is 0.0438. The van der Waals surface area contributed by atoms with Crippen molar-refractivity contribution in [1.29, 1.82) is 0 Å². The van der Waals surface area contributed by atoms with Crippen molar-refractivity contribution in [2.24, 2.45) is 5.73 Å². The Labute approximate surface area is 85.8 Å². The molecule has 0 spiro atoms. The Hall–Kier alpha value is -0.610. The first-order valence-electron chi connectivity index (χ1n) is 4.69. The van der Waals surface area contributed by atoms with E-state index in [1.807, 2.05) is 34.6 Å². The van der Waals surface area contributed by atoms with Crippen LogP contribution in [0.15, 0.2) is 0 Å². The van der Waals surface area contributed by atoms with Gasteiger partial charge in [-0.2, -0.15) is 0 Å². The van der Waals surface area contributed by atoms with Gasteiger partial charge in [0.2, 0.25) is 0 Å². The van der Waals surface area contributed by atoms with Gasteiger partial charge in [0.05, 0.1) is 6.61 Å². The molecule has 0 bridgehead atoms. The van der Waals surface area contributed by atoms with E-state index in [2.05, 4.69) is 0 Å². The molecule has 2 N–H and O–H groups in total. The van der Waals surface area contributed by atoms with E-state index in [1.165, 1.54) is 0 Å². The van der Waals surface area contributed by atoms with E-state index in [0.29, 0.717) is 6.61 Å². The molecule has 84 valence electrons. The monoisotopic (exact) mass is 203 g/mol. The van der Waals surface area contributed by atoms with Crippen LogP contribution < -0.4 is 5.73 Å². The second-order valence-corrected chi connectivity index (χ2v) is 5.07. The van der Waals surface area contributed by atoms with E-state index < -0.39 is 11.1 Å². The molecule has 0 fully saturated rings. The van der Waals surface area contributed by atoms with Crippen LogP contribution in [0.2, 0.25) is 0 Å². The lowest BCUT2D eigenvalue weighted by atomic mass is 10.1. The van der Waals surface area contributed by atoms with E-state index in [-0.39, 0.29) is 12.6 Å². The van der Waals surface area contributed by atoms with Gasteiger partial charge in [-0.05, 0) is 34.6 Å². The van der Waals surface area contributed by atoms with E-state index in [0.717, 1.165) is 0 Å². The van der Waals surface area contributed by atoms with Gasteiger partial charge in [-0.3, -0.25) is 0 Å². The zero-order valence-electron chi connectivity index (χ0n) is 9.72. The van der Waals surface area contributed by atoms with Gasteiger partial charge < -0.3 is 15.2 Å². The van der Waals surface area contributed by atoms with Crippen molar-refractivity contribution in [3.05, 3.63) is 0 Å². The number of hydrogen-bond acceptors (Lipinski definition) is 4. The molecule has 0 saturated heterocycles. The first-order valence-corrected chi connectivity index (χ1v) is 4.69. The molecular weight excluding hydrogens is 182 g/mol. The molecule has 0 unspecified atom stereocenters. The topological polar surface area (TPSA) is 61.5 Å². The third-order valence-corrected chi connectivity index (χ3v) is 1.11. The predicted molar refractivity (Wildman–Crippen MR) is 54.9 cm³/mol. The molecule has 0 rings (SSSR count). The first-order chi connectivity index (χ1) is 6.10. The molecule has 14 heavy (non-hydrogen) atoms. The molecule has 0 aliphatic heterocycles. The molecule has 0 aliphatic carbocycles. The van der Waals surface area contributed by atoms with Crippen LogP contribution >= 0.6 is 0 Å². The van der Waals surface area contributed by atoms with Crippen molar-refractivity contribution in [1.82, 2.24) is 0 Å². The van der Waals surface area contributed by atoms with E-state index >= 15 is 0 Å². The van der Waals surface area contributed by atoms with Gasteiger partial charge in [0, 0.05) is 5.54 Å². The van der Waals surface area contributed by atoms with Crippen molar-refractivity contribution in [2.75, 3.05) is 13.2 Å². The van der Waals surface area contributed by atoms with Crippen LogP contribution in [0.5, 0.6) is 0 Å². The van der Waals surface area contributed by atoms with Gasteiger partial charge in [-0.15, -0.1) is 0 Å². The lowest BCUT2D eigenvalue weighted by molar-refractivity contribution is -0.160. The maximum atomic E-state index is 11.2. The second kappa shape index (κ2) is 4.75. The molecule has 0 atom stereocenters. The fourth-order valence-corrected chi connectivity index (χ4v) is 0.768. The van der Waals surface area contributed by atoms with E-state index in [9.17, 15) is 4.79 Å². The van der Waals surface area contributed by atoms with Crippen molar-refractivity contribution in [2.45, 2.75) is 45.8 Å². The van der Waals surface area contributed by atoms with Crippen LogP contribution in [-0.4, -0.2) is 30.3 Å². The number of hydrogen-bond donors (Lipinski definition) is 1. The summed E-state index contributed by atoms with van der Waals surface area (Å²) in [6.07, 6.45) is 0. The van der Waals surface area contributed by atoms with Crippen molar-refractivity contribution in [3.63, 3.8) is 0 Å². The van der Waals surface area contributed by atoms with Crippen LogP contribution in [0.25, 0.3) is 0 Å². The van der Waals surface area contributed by atoms with Gasteiger partial charge >= 0.3 is 5.97 Å². The predicted octanol–water partition coefficient (Wildman–Crippen LogP) is 1.08. The summed E-state index contributed by atoms with van der Waals surface area (Å²) in [5.41, 5.74) is 4.80. The summed E-state index contributed by atoms with van der Waals surface area (Å²) < 4.78 is 10.2. The minimum atomic E-state index is -0.460. The summed E-state index contributed by atoms with van der Waals surface area (Å²) in [5.74, 6) is -0.359. The number of carbonyl (C=O) groups is 1. The standard InChI is InChI=1S/C10H21NO3/c1-9(2,3)14-8(12)6-13-7-10(4,5)11/h6-7,11H2,1-5H3. The Morgan fingerprint density at radius 2 is 1.71 bits per heavy atom. The third-order valence-electron chi connectivity index (χ3n) is 1.11. The van der Waals surface area contributed by atoms with Crippen LogP contribution in [0, 0.1) is 0 Å². The molecule has 4 nitrogen and oxygen atoms in total. The summed E-state index contributed by atoms with van der Waals surface area (Å²) in [5, 5.41) is 0. The number of carbonyl (C=O) groups excluding carboxylic acids is 1. The molecule has 0 amide bonds. The summed E-state index contributed by atoms with van der Waals surface area (Å²) >= 11 is 0. The van der Waals surface area contributed by atoms with Crippen molar-refractivity contribution in [3.8, 4) is 0 Å². The largest absolute Gasteiger partial charge is 0.458 e. The second-order valence-electron chi connectivity index (χ2n) is 5.07. The summed E-state index contributed by atoms with van der Waals surface area (Å²) in [6.45, 7) is 9.42. The normalized spacial score (nSPS) is 12.7. The molecule has 0 radical (unpaired) electrons. The van der Waals surface area contributed by atoms with Crippen LogP contribution in [0.3, 0.4) is 0 Å². The molecular formula is C10H21NO3. The molecule has 0 aliphatic rings. The fraction of sp³-hybridized carbons (Fsp3) is 0.900. The quantitative estimate of drug-likeness (QED) is 0.694. The number of rotatable bonds is 4. The van der Waals surface area contributed by atoms with Crippen LogP contribution in [0.4, 0.5) is 0 Å². The molecule has 0 aromatic carbocycles. The third kappa shape index (κ3) is 9.48. The zero-order valence-corrected chi connectivity index (χ0v) is 9.72. The number of nitrogens with two attached hydrogens (primary N) is 1.